The molecule has 5 rings (SSSR count). The zero-order valence-corrected chi connectivity index (χ0v) is 24.1. The van der Waals surface area contributed by atoms with E-state index in [2.05, 4.69) is 40.5 Å². The van der Waals surface area contributed by atoms with Crippen LogP contribution < -0.4 is 10.2 Å². The van der Waals surface area contributed by atoms with Crippen LogP contribution >= 0.6 is 11.6 Å². The largest absolute Gasteiger partial charge is 0.465 e. The van der Waals surface area contributed by atoms with Gasteiger partial charge < -0.3 is 19.3 Å². The van der Waals surface area contributed by atoms with Crippen LogP contribution in [0.4, 0.5) is 10.7 Å². The van der Waals surface area contributed by atoms with E-state index in [9.17, 15) is 9.90 Å². The number of morpholine rings is 1. The third-order valence-corrected chi connectivity index (χ3v) is 8.18. The predicted molar refractivity (Wildman–Crippen MR) is 156 cm³/mol. The lowest BCUT2D eigenvalue weighted by atomic mass is 9.83. The van der Waals surface area contributed by atoms with E-state index in [0.717, 1.165) is 48.8 Å². The van der Waals surface area contributed by atoms with E-state index in [4.69, 9.17) is 31.7 Å². The Kier molecular flexibility index (Phi) is 8.56. The van der Waals surface area contributed by atoms with Crippen LogP contribution in [0.2, 0.25) is 5.02 Å². The summed E-state index contributed by atoms with van der Waals surface area (Å²) in [6.45, 7) is 9.50. The molecule has 3 heterocycles. The number of nitrogens with one attached hydrogen (secondary N) is 2. The van der Waals surface area contributed by atoms with E-state index in [1.165, 1.54) is 12.8 Å². The van der Waals surface area contributed by atoms with Crippen molar-refractivity contribution in [2.45, 2.75) is 65.5 Å². The smallest absolute Gasteiger partial charge is 0.410 e. The number of aromatic nitrogens is 4. The van der Waals surface area contributed by atoms with Gasteiger partial charge in [0, 0.05) is 23.7 Å². The number of nitrogens with zero attached hydrogens (tertiary/aromatic N) is 5. The molecule has 1 saturated carbocycles. The second kappa shape index (κ2) is 12.1. The van der Waals surface area contributed by atoms with Gasteiger partial charge in [0.05, 0.1) is 19.3 Å². The van der Waals surface area contributed by atoms with E-state index >= 15 is 0 Å². The maximum Gasteiger partial charge on any atom is 0.410 e. The van der Waals surface area contributed by atoms with Crippen LogP contribution in [0, 0.1) is 23.2 Å². The Labute approximate surface area is 239 Å². The van der Waals surface area contributed by atoms with Crippen LogP contribution in [-0.4, -0.2) is 62.4 Å². The highest BCUT2D eigenvalue weighted by Crippen LogP contribution is 2.36. The van der Waals surface area contributed by atoms with Gasteiger partial charge in [-0.2, -0.15) is 4.98 Å². The second-order valence-electron chi connectivity index (χ2n) is 11.6. The van der Waals surface area contributed by atoms with Gasteiger partial charge in [0.2, 0.25) is 5.95 Å². The van der Waals surface area contributed by atoms with Crippen molar-refractivity contribution < 1.29 is 14.6 Å². The summed E-state index contributed by atoms with van der Waals surface area (Å²) in [5.41, 5.74) is 2.55. The first-order valence-electron chi connectivity index (χ1n) is 14.2. The van der Waals surface area contributed by atoms with Crippen molar-refractivity contribution in [2.75, 3.05) is 24.7 Å². The zero-order valence-electron chi connectivity index (χ0n) is 23.4. The van der Waals surface area contributed by atoms with Gasteiger partial charge in [0.15, 0.2) is 17.3 Å². The number of rotatable bonds is 7. The lowest BCUT2D eigenvalue weighted by molar-refractivity contribution is 0.0863. The fraction of sp³-hybridized carbons (Fsp3) is 0.552. The van der Waals surface area contributed by atoms with Crippen LogP contribution in [0.15, 0.2) is 24.3 Å². The SMILES string of the molecule is CC(C)C[C@H]1COCCN1c1nc2nc(C(=N)NC(=O)O)nc(-c3cccc(Cl)c3)c2n1C[C@H]1CC[C@H](C)CC1. The average molecular weight is 568 g/mol. The molecule has 1 aromatic carbocycles. The monoisotopic (exact) mass is 567 g/mol. The van der Waals surface area contributed by atoms with Crippen molar-refractivity contribution in [3.05, 3.63) is 35.1 Å². The van der Waals surface area contributed by atoms with Crippen molar-refractivity contribution in [1.82, 2.24) is 24.8 Å². The second-order valence-corrected chi connectivity index (χ2v) is 12.0. The maximum absolute atomic E-state index is 11.3. The van der Waals surface area contributed by atoms with Crippen molar-refractivity contribution in [3.63, 3.8) is 0 Å². The molecule has 1 atom stereocenters. The molecule has 1 saturated heterocycles. The Morgan fingerprint density at radius 2 is 2.00 bits per heavy atom. The van der Waals surface area contributed by atoms with Crippen molar-refractivity contribution in [1.29, 1.82) is 5.41 Å². The first-order chi connectivity index (χ1) is 19.2. The van der Waals surface area contributed by atoms with E-state index in [1.54, 1.807) is 6.07 Å². The molecule has 0 radical (unpaired) electrons. The molecule has 2 fully saturated rings. The molecule has 2 aromatic heterocycles. The van der Waals surface area contributed by atoms with Crippen LogP contribution in [-0.2, 0) is 11.3 Å². The molecule has 11 heteroatoms. The number of hydrogen-bond acceptors (Lipinski definition) is 7. The van der Waals surface area contributed by atoms with Crippen LogP contribution in [0.1, 0.15) is 58.7 Å². The van der Waals surface area contributed by atoms with E-state index < -0.39 is 11.9 Å². The predicted octanol–water partition coefficient (Wildman–Crippen LogP) is 5.82. The van der Waals surface area contributed by atoms with Gasteiger partial charge >= 0.3 is 6.09 Å². The molecule has 1 amide bonds. The molecule has 2 aliphatic rings. The molecule has 10 nitrogen and oxygen atoms in total. The van der Waals surface area contributed by atoms with Crippen molar-refractivity contribution in [3.8, 4) is 11.3 Å². The fourth-order valence-corrected chi connectivity index (χ4v) is 6.15. The first-order valence-corrected chi connectivity index (χ1v) is 14.5. The Hall–Kier alpha value is -3.24. The molecule has 3 aromatic rings. The third-order valence-electron chi connectivity index (χ3n) is 7.94. The number of benzene rings is 1. The summed E-state index contributed by atoms with van der Waals surface area (Å²) >= 11 is 6.40. The topological polar surface area (TPSA) is 129 Å². The molecule has 40 heavy (non-hydrogen) atoms. The molecule has 1 aliphatic heterocycles. The standard InChI is InChI=1S/C29H38ClN7O3/c1-17(2)13-22-16-40-12-11-36(22)28-35-26-24(37(28)15-19-9-7-18(3)8-10-19)23(20-5-4-6-21(30)14-20)32-27(34-26)25(31)33-29(38)39/h4-6,14,17-19,22H,7-13,15-16H2,1-3H3,(H2,31,33)(H,38,39)/t18-,19-,22-/m0/s1. The summed E-state index contributed by atoms with van der Waals surface area (Å²) in [4.78, 5) is 28.1. The number of fused-ring (bicyclic) bond motifs is 1. The molecular weight excluding hydrogens is 530 g/mol. The van der Waals surface area contributed by atoms with Gasteiger partial charge in [-0.1, -0.05) is 57.3 Å². The number of carboxylic acid groups (broad SMARTS) is 1. The van der Waals surface area contributed by atoms with E-state index in [0.29, 0.717) is 48.0 Å². The lowest BCUT2D eigenvalue weighted by Crippen LogP contribution is -2.47. The number of imidazole rings is 1. The van der Waals surface area contributed by atoms with Crippen molar-refractivity contribution in [2.24, 2.45) is 17.8 Å². The quantitative estimate of drug-likeness (QED) is 0.242. The number of hydrogen-bond donors (Lipinski definition) is 3. The summed E-state index contributed by atoms with van der Waals surface area (Å²) in [6, 6.07) is 7.58. The van der Waals surface area contributed by atoms with Crippen LogP contribution in [0.3, 0.4) is 0 Å². The molecule has 3 N–H and O–H groups in total. The minimum absolute atomic E-state index is 0.0340. The minimum atomic E-state index is -1.35. The summed E-state index contributed by atoms with van der Waals surface area (Å²) in [6.07, 6.45) is 4.34. The number of amidine groups is 1. The third kappa shape index (κ3) is 6.23. The van der Waals surface area contributed by atoms with E-state index in [1.807, 2.05) is 18.2 Å². The lowest BCUT2D eigenvalue weighted by Gasteiger charge is -2.38. The first kappa shape index (κ1) is 28.3. The molecule has 0 unspecified atom stereocenters. The zero-order chi connectivity index (χ0) is 28.4. The van der Waals surface area contributed by atoms with Gasteiger partial charge in [-0.15, -0.1) is 0 Å². The Morgan fingerprint density at radius 1 is 1.23 bits per heavy atom. The highest BCUT2D eigenvalue weighted by molar-refractivity contribution is 6.30. The summed E-state index contributed by atoms with van der Waals surface area (Å²) < 4.78 is 8.16. The fourth-order valence-electron chi connectivity index (χ4n) is 5.96. The number of ether oxygens (including phenoxy) is 1. The van der Waals surface area contributed by atoms with Gasteiger partial charge in [0.25, 0.3) is 0 Å². The number of anilines is 1. The number of halogens is 1. The average Bonchev–Trinajstić information content (AvgIpc) is 3.27. The van der Waals surface area contributed by atoms with Gasteiger partial charge in [-0.25, -0.2) is 14.8 Å². The Balaban J connectivity index is 1.71. The molecule has 0 bridgehead atoms. The Morgan fingerprint density at radius 3 is 2.70 bits per heavy atom. The van der Waals surface area contributed by atoms with Crippen molar-refractivity contribution >= 4 is 40.6 Å². The van der Waals surface area contributed by atoms with E-state index in [-0.39, 0.29) is 11.9 Å². The number of amides is 1. The van der Waals surface area contributed by atoms with Gasteiger partial charge in [-0.05, 0) is 49.1 Å². The maximum atomic E-state index is 11.3. The van der Waals surface area contributed by atoms with Gasteiger partial charge in [0.1, 0.15) is 11.2 Å². The summed E-state index contributed by atoms with van der Waals surface area (Å²) in [7, 11) is 0. The molecule has 214 valence electrons. The summed E-state index contributed by atoms with van der Waals surface area (Å²) in [5.74, 6) is 2.12. The highest BCUT2D eigenvalue weighted by Gasteiger charge is 2.32. The molecule has 1 aliphatic carbocycles. The number of carbonyl (C=O) groups is 1. The summed E-state index contributed by atoms with van der Waals surface area (Å²) in [5, 5.41) is 20.2. The van der Waals surface area contributed by atoms with Crippen LogP contribution in [0.5, 0.6) is 0 Å². The van der Waals surface area contributed by atoms with Gasteiger partial charge in [-0.3, -0.25) is 10.7 Å². The minimum Gasteiger partial charge on any atom is -0.465 e. The molecular formula is C29H38ClN7O3. The highest BCUT2D eigenvalue weighted by atomic mass is 35.5. The van der Waals surface area contributed by atoms with Crippen LogP contribution in [0.25, 0.3) is 22.4 Å². The normalized spacial score (nSPS) is 21.6. The molecule has 0 spiro atoms. The Bertz CT molecular complexity index is 1380.